The predicted molar refractivity (Wildman–Crippen MR) is 76.6 cm³/mol. The predicted octanol–water partition coefficient (Wildman–Crippen LogP) is 3.43. The summed E-state index contributed by atoms with van der Waals surface area (Å²) in [6.45, 7) is 2.54. The van der Waals surface area contributed by atoms with Gasteiger partial charge in [-0.25, -0.2) is 4.39 Å². The van der Waals surface area contributed by atoms with Crippen LogP contribution in [0.2, 0.25) is 0 Å². The Morgan fingerprint density at radius 1 is 1.50 bits per heavy atom. The molecule has 0 saturated heterocycles. The van der Waals surface area contributed by atoms with Crippen LogP contribution < -0.4 is 4.74 Å². The molecule has 0 amide bonds. The van der Waals surface area contributed by atoms with Gasteiger partial charge in [-0.3, -0.25) is 9.48 Å². The zero-order valence-electron chi connectivity index (χ0n) is 11.2. The van der Waals surface area contributed by atoms with Crippen LogP contribution in [0, 0.1) is 5.82 Å². The van der Waals surface area contributed by atoms with E-state index in [0.29, 0.717) is 16.8 Å². The fourth-order valence-corrected chi connectivity index (χ4v) is 2.29. The van der Waals surface area contributed by atoms with Gasteiger partial charge >= 0.3 is 0 Å². The quantitative estimate of drug-likeness (QED) is 0.783. The van der Waals surface area contributed by atoms with Crippen molar-refractivity contribution >= 4 is 21.7 Å². The lowest BCUT2D eigenvalue weighted by Gasteiger charge is -2.08. The SMILES string of the molecule is CCCn1ncc(OC)c1C(=O)c1cc(Br)ccc1F. The third-order valence-corrected chi connectivity index (χ3v) is 3.34. The van der Waals surface area contributed by atoms with Crippen molar-refractivity contribution in [2.24, 2.45) is 0 Å². The van der Waals surface area contributed by atoms with Crippen LogP contribution in [0.5, 0.6) is 5.75 Å². The molecule has 6 heteroatoms. The summed E-state index contributed by atoms with van der Waals surface area (Å²) in [5, 5.41) is 4.11. The van der Waals surface area contributed by atoms with Gasteiger partial charge in [0.15, 0.2) is 11.4 Å². The van der Waals surface area contributed by atoms with Gasteiger partial charge in [0.05, 0.1) is 18.9 Å². The minimum Gasteiger partial charge on any atom is -0.493 e. The number of nitrogens with zero attached hydrogens (tertiary/aromatic N) is 2. The standard InChI is InChI=1S/C14H14BrFN2O2/c1-3-6-18-13(12(20-2)8-17-18)14(19)10-7-9(15)4-5-11(10)16/h4-5,7-8H,3,6H2,1-2H3. The van der Waals surface area contributed by atoms with E-state index < -0.39 is 11.6 Å². The van der Waals surface area contributed by atoms with Crippen molar-refractivity contribution in [1.29, 1.82) is 0 Å². The molecule has 20 heavy (non-hydrogen) atoms. The van der Waals surface area contributed by atoms with Crippen molar-refractivity contribution < 1.29 is 13.9 Å². The Hall–Kier alpha value is -1.69. The van der Waals surface area contributed by atoms with E-state index in [9.17, 15) is 9.18 Å². The van der Waals surface area contributed by atoms with Crippen LogP contribution in [0.4, 0.5) is 4.39 Å². The Labute approximate surface area is 124 Å². The number of ketones is 1. The minimum atomic E-state index is -0.565. The molecule has 0 radical (unpaired) electrons. The van der Waals surface area contributed by atoms with Crippen LogP contribution >= 0.6 is 15.9 Å². The lowest BCUT2D eigenvalue weighted by atomic mass is 10.1. The van der Waals surface area contributed by atoms with E-state index in [2.05, 4.69) is 21.0 Å². The Balaban J connectivity index is 2.52. The molecule has 0 bridgehead atoms. The first-order valence-corrected chi connectivity index (χ1v) is 6.97. The van der Waals surface area contributed by atoms with Gasteiger partial charge in [-0.1, -0.05) is 22.9 Å². The Kier molecular flexibility index (Phi) is 4.54. The third-order valence-electron chi connectivity index (χ3n) is 2.85. The first-order valence-electron chi connectivity index (χ1n) is 6.18. The first kappa shape index (κ1) is 14.7. The van der Waals surface area contributed by atoms with E-state index in [-0.39, 0.29) is 11.3 Å². The van der Waals surface area contributed by atoms with Gasteiger partial charge in [0.25, 0.3) is 0 Å². The molecule has 0 spiro atoms. The molecule has 0 fully saturated rings. The average Bonchev–Trinajstić information content (AvgIpc) is 2.84. The third kappa shape index (κ3) is 2.75. The highest BCUT2D eigenvalue weighted by Gasteiger charge is 2.23. The molecule has 1 aromatic heterocycles. The second kappa shape index (κ2) is 6.17. The Morgan fingerprint density at radius 3 is 2.90 bits per heavy atom. The van der Waals surface area contributed by atoms with Gasteiger partial charge in [0.2, 0.25) is 5.78 Å². The van der Waals surface area contributed by atoms with Crippen LogP contribution in [0.25, 0.3) is 0 Å². The summed E-state index contributed by atoms with van der Waals surface area (Å²) in [4.78, 5) is 12.6. The number of aromatic nitrogens is 2. The molecule has 0 aliphatic rings. The highest BCUT2D eigenvalue weighted by Crippen LogP contribution is 2.24. The average molecular weight is 341 g/mol. The van der Waals surface area contributed by atoms with E-state index in [1.54, 1.807) is 10.7 Å². The number of aryl methyl sites for hydroxylation is 1. The van der Waals surface area contributed by atoms with Crippen LogP contribution in [-0.4, -0.2) is 22.7 Å². The molecule has 0 aliphatic carbocycles. The largest absolute Gasteiger partial charge is 0.493 e. The summed E-state index contributed by atoms with van der Waals surface area (Å²) in [6, 6.07) is 4.26. The highest BCUT2D eigenvalue weighted by atomic mass is 79.9. The van der Waals surface area contributed by atoms with Crippen LogP contribution in [-0.2, 0) is 6.54 Å². The fourth-order valence-electron chi connectivity index (χ4n) is 1.93. The van der Waals surface area contributed by atoms with Crippen molar-refractivity contribution in [1.82, 2.24) is 9.78 Å². The molecule has 0 aliphatic heterocycles. The molecule has 0 unspecified atom stereocenters. The molecule has 1 aromatic carbocycles. The van der Waals surface area contributed by atoms with E-state index in [1.807, 2.05) is 6.92 Å². The molecule has 0 saturated carbocycles. The summed E-state index contributed by atoms with van der Waals surface area (Å²) in [5.41, 5.74) is 0.266. The number of hydrogen-bond acceptors (Lipinski definition) is 3. The van der Waals surface area contributed by atoms with Crippen LogP contribution in [0.1, 0.15) is 29.4 Å². The fraction of sp³-hybridized carbons (Fsp3) is 0.286. The van der Waals surface area contributed by atoms with Crippen molar-refractivity contribution in [2.45, 2.75) is 19.9 Å². The van der Waals surface area contributed by atoms with Gasteiger partial charge in [0, 0.05) is 11.0 Å². The Morgan fingerprint density at radius 2 is 2.25 bits per heavy atom. The zero-order valence-corrected chi connectivity index (χ0v) is 12.8. The van der Waals surface area contributed by atoms with Crippen molar-refractivity contribution in [3.05, 3.63) is 45.9 Å². The summed E-state index contributed by atoms with van der Waals surface area (Å²) >= 11 is 3.24. The van der Waals surface area contributed by atoms with E-state index in [1.165, 1.54) is 25.4 Å². The molecule has 2 aromatic rings. The number of halogens is 2. The number of ether oxygens (including phenoxy) is 1. The summed E-state index contributed by atoms with van der Waals surface area (Å²) < 4.78 is 21.2. The van der Waals surface area contributed by atoms with Crippen LogP contribution in [0.15, 0.2) is 28.9 Å². The molecule has 106 valence electrons. The number of rotatable bonds is 5. The number of methoxy groups -OCH3 is 1. The summed E-state index contributed by atoms with van der Waals surface area (Å²) in [6.07, 6.45) is 2.28. The van der Waals surface area contributed by atoms with Crippen molar-refractivity contribution in [2.75, 3.05) is 7.11 Å². The van der Waals surface area contributed by atoms with E-state index in [4.69, 9.17) is 4.74 Å². The lowest BCUT2D eigenvalue weighted by Crippen LogP contribution is -2.14. The smallest absolute Gasteiger partial charge is 0.217 e. The van der Waals surface area contributed by atoms with Gasteiger partial charge in [-0.2, -0.15) is 5.10 Å². The zero-order chi connectivity index (χ0) is 14.7. The van der Waals surface area contributed by atoms with Gasteiger partial charge in [-0.15, -0.1) is 0 Å². The molecule has 2 rings (SSSR count). The normalized spacial score (nSPS) is 10.6. The maximum Gasteiger partial charge on any atom is 0.217 e. The number of carbonyl (C=O) groups is 1. The first-order chi connectivity index (χ1) is 9.58. The molecular formula is C14H14BrFN2O2. The van der Waals surface area contributed by atoms with Gasteiger partial charge in [0.1, 0.15) is 5.82 Å². The minimum absolute atomic E-state index is 0.00414. The molecule has 0 N–H and O–H groups in total. The maximum absolute atomic E-state index is 13.9. The molecule has 1 heterocycles. The second-order valence-corrected chi connectivity index (χ2v) is 5.15. The monoisotopic (exact) mass is 340 g/mol. The maximum atomic E-state index is 13.9. The topological polar surface area (TPSA) is 44.1 Å². The molecular weight excluding hydrogens is 327 g/mol. The lowest BCUT2D eigenvalue weighted by molar-refractivity contribution is 0.102. The molecule has 4 nitrogen and oxygen atoms in total. The van der Waals surface area contributed by atoms with Crippen molar-refractivity contribution in [3.63, 3.8) is 0 Å². The summed E-state index contributed by atoms with van der Waals surface area (Å²) in [5.74, 6) is -0.654. The number of hydrogen-bond donors (Lipinski definition) is 0. The molecule has 0 atom stereocenters. The van der Waals surface area contributed by atoms with Crippen molar-refractivity contribution in [3.8, 4) is 5.75 Å². The van der Waals surface area contributed by atoms with Gasteiger partial charge < -0.3 is 4.74 Å². The van der Waals surface area contributed by atoms with E-state index in [0.717, 1.165) is 6.42 Å². The number of benzene rings is 1. The van der Waals surface area contributed by atoms with Gasteiger partial charge in [-0.05, 0) is 24.6 Å². The second-order valence-electron chi connectivity index (χ2n) is 4.24. The van der Waals surface area contributed by atoms with E-state index >= 15 is 0 Å². The highest BCUT2D eigenvalue weighted by molar-refractivity contribution is 9.10. The summed E-state index contributed by atoms with van der Waals surface area (Å²) in [7, 11) is 1.46. The Bertz CT molecular complexity index is 640. The number of carbonyl (C=O) groups excluding carboxylic acids is 1. The van der Waals surface area contributed by atoms with Crippen LogP contribution in [0.3, 0.4) is 0 Å².